The Hall–Kier alpha value is -4.03. The fourth-order valence-electron chi connectivity index (χ4n) is 3.84. The second kappa shape index (κ2) is 12.0. The van der Waals surface area contributed by atoms with Gasteiger partial charge in [-0.25, -0.2) is 8.78 Å². The minimum Gasteiger partial charge on any atom is -0.510 e. The number of ether oxygens (including phenoxy) is 2. The maximum absolute atomic E-state index is 13.9. The molecule has 0 amide bonds. The first-order chi connectivity index (χ1) is 18.3. The van der Waals surface area contributed by atoms with Crippen LogP contribution in [0.1, 0.15) is 29.9 Å². The third-order valence-corrected chi connectivity index (χ3v) is 5.84. The molecule has 3 aromatic heterocycles. The number of hydrogen-bond donors (Lipinski definition) is 3. The second-order valence-electron chi connectivity index (χ2n) is 8.75. The number of pyridine rings is 1. The highest BCUT2D eigenvalue weighted by Gasteiger charge is 2.27. The van der Waals surface area contributed by atoms with Crippen LogP contribution < -0.4 is 10.1 Å². The van der Waals surface area contributed by atoms with Crippen LogP contribution in [0.25, 0.3) is 16.4 Å². The van der Waals surface area contributed by atoms with Crippen LogP contribution in [-0.2, 0) is 17.8 Å². The highest BCUT2D eigenvalue weighted by molar-refractivity contribution is 6.05. The molecule has 0 radical (unpaired) electrons. The third-order valence-electron chi connectivity index (χ3n) is 5.84. The number of nitrogens with one attached hydrogen (secondary N) is 2. The van der Waals surface area contributed by atoms with E-state index in [0.717, 1.165) is 10.9 Å². The van der Waals surface area contributed by atoms with Crippen LogP contribution in [0.4, 0.5) is 8.78 Å². The molecule has 1 aromatic carbocycles. The van der Waals surface area contributed by atoms with Gasteiger partial charge in [-0.3, -0.25) is 10.4 Å². The van der Waals surface area contributed by atoms with Gasteiger partial charge in [0.05, 0.1) is 5.69 Å². The van der Waals surface area contributed by atoms with E-state index in [4.69, 9.17) is 14.9 Å². The Morgan fingerprint density at radius 1 is 1.16 bits per heavy atom. The number of rotatable bonds is 13. The number of aromatic nitrogens is 5. The first-order valence-electron chi connectivity index (χ1n) is 12.0. The Kier molecular flexibility index (Phi) is 8.54. The summed E-state index contributed by atoms with van der Waals surface area (Å²) < 4.78 is 40.2. The van der Waals surface area contributed by atoms with Gasteiger partial charge in [0, 0.05) is 49.5 Å². The molecule has 0 saturated carbocycles. The van der Waals surface area contributed by atoms with Crippen LogP contribution in [0.3, 0.4) is 0 Å². The Morgan fingerprint density at radius 2 is 1.95 bits per heavy atom. The molecule has 4 rings (SSSR count). The average Bonchev–Trinajstić information content (AvgIpc) is 3.34. The number of allylic oxidation sites excluding steroid dienone is 1. The molecule has 0 unspecified atom stereocenters. The molecular formula is C26H29F2N7O3. The van der Waals surface area contributed by atoms with Crippen molar-refractivity contribution in [2.45, 2.75) is 31.8 Å². The second-order valence-corrected chi connectivity index (χ2v) is 8.75. The van der Waals surface area contributed by atoms with Gasteiger partial charge in [0.25, 0.3) is 0 Å². The van der Waals surface area contributed by atoms with E-state index in [1.165, 1.54) is 17.7 Å². The molecule has 4 aromatic rings. The summed E-state index contributed by atoms with van der Waals surface area (Å²) in [5.74, 6) is -2.47. The van der Waals surface area contributed by atoms with Crippen LogP contribution in [0.5, 0.6) is 5.88 Å². The summed E-state index contributed by atoms with van der Waals surface area (Å²) in [5.41, 5.74) is 1.65. The highest BCUT2D eigenvalue weighted by atomic mass is 19.3. The topological polar surface area (TPSA) is 131 Å². The molecule has 0 atom stereocenters. The number of fused-ring (bicyclic) bond motifs is 3. The summed E-state index contributed by atoms with van der Waals surface area (Å²) in [4.78, 5) is 4.36. The van der Waals surface area contributed by atoms with E-state index in [9.17, 15) is 13.9 Å². The molecule has 0 fully saturated rings. The minimum absolute atomic E-state index is 0.0472. The standard InChI is InChI=1S/C26H29F2N7O3/c1-30-12-11-26(27,28)10-9-17-7-8-18(31-14-17)15-38-25-21-6-4-3-5-20(21)23-32-33-24(35(23)34-25)22(29)13-19(36)16-37-2/h3-8,13-14,29-30,36H,9-12,15-16H2,1-2H3/b19-13-,29-22?. The van der Waals surface area contributed by atoms with E-state index < -0.39 is 5.92 Å². The fraction of sp³-hybridized carbons (Fsp3) is 0.346. The monoisotopic (exact) mass is 525 g/mol. The average molecular weight is 526 g/mol. The molecule has 0 saturated heterocycles. The largest absolute Gasteiger partial charge is 0.510 e. The van der Waals surface area contributed by atoms with E-state index in [2.05, 4.69) is 25.6 Å². The van der Waals surface area contributed by atoms with Crippen LogP contribution in [0, 0.1) is 5.41 Å². The minimum atomic E-state index is -2.73. The van der Waals surface area contributed by atoms with Gasteiger partial charge in [-0.15, -0.1) is 15.3 Å². The number of methoxy groups -OCH3 is 1. The number of aliphatic hydroxyl groups excluding tert-OH is 1. The van der Waals surface area contributed by atoms with E-state index >= 15 is 0 Å². The summed E-state index contributed by atoms with van der Waals surface area (Å²) in [6.45, 7) is 0.305. The van der Waals surface area contributed by atoms with E-state index in [1.54, 1.807) is 25.4 Å². The number of nitrogens with zero attached hydrogens (tertiary/aromatic N) is 5. The van der Waals surface area contributed by atoms with Crippen molar-refractivity contribution in [1.29, 1.82) is 5.41 Å². The quantitative estimate of drug-likeness (QED) is 0.177. The normalized spacial score (nSPS) is 12.4. The van der Waals surface area contributed by atoms with Crippen molar-refractivity contribution in [3.8, 4) is 5.88 Å². The van der Waals surface area contributed by atoms with Gasteiger partial charge in [-0.1, -0.05) is 24.3 Å². The predicted octanol–water partition coefficient (Wildman–Crippen LogP) is 3.89. The maximum atomic E-state index is 13.9. The molecule has 0 spiro atoms. The zero-order valence-corrected chi connectivity index (χ0v) is 21.1. The Balaban J connectivity index is 1.53. The molecule has 3 N–H and O–H groups in total. The van der Waals surface area contributed by atoms with Crippen LogP contribution in [0.15, 0.2) is 54.4 Å². The van der Waals surface area contributed by atoms with Gasteiger partial charge in [-0.2, -0.15) is 4.52 Å². The Labute approximate surface area is 217 Å². The highest BCUT2D eigenvalue weighted by Crippen LogP contribution is 2.27. The van der Waals surface area contributed by atoms with Crippen molar-refractivity contribution in [2.24, 2.45) is 0 Å². The van der Waals surface area contributed by atoms with Gasteiger partial charge in [0.2, 0.25) is 17.6 Å². The lowest BCUT2D eigenvalue weighted by Gasteiger charge is -2.16. The third kappa shape index (κ3) is 6.45. The fourth-order valence-corrected chi connectivity index (χ4v) is 3.84. The number of hydrogen-bond acceptors (Lipinski definition) is 9. The lowest BCUT2D eigenvalue weighted by atomic mass is 10.1. The molecule has 0 bridgehead atoms. The molecule has 0 aliphatic carbocycles. The van der Waals surface area contributed by atoms with E-state index in [1.807, 2.05) is 24.3 Å². The molecule has 0 aliphatic rings. The SMILES string of the molecule is CNCCC(F)(F)CCc1ccc(COc2nn3c(C(=N)/C=C(\O)COC)nnc3c3ccccc23)nc1. The van der Waals surface area contributed by atoms with Gasteiger partial charge in [-0.05, 0) is 31.2 Å². The van der Waals surface area contributed by atoms with Crippen molar-refractivity contribution < 1.29 is 23.4 Å². The predicted molar refractivity (Wildman–Crippen MR) is 138 cm³/mol. The molecular weight excluding hydrogens is 496 g/mol. The van der Waals surface area contributed by atoms with E-state index in [-0.39, 0.29) is 62.2 Å². The van der Waals surface area contributed by atoms with Gasteiger partial charge >= 0.3 is 0 Å². The lowest BCUT2D eigenvalue weighted by Crippen LogP contribution is -2.23. The summed E-state index contributed by atoms with van der Waals surface area (Å²) in [6, 6.07) is 10.9. The van der Waals surface area contributed by atoms with Crippen molar-refractivity contribution in [3.63, 3.8) is 0 Å². The molecule has 200 valence electrons. The first kappa shape index (κ1) is 27.0. The summed E-state index contributed by atoms with van der Waals surface area (Å²) >= 11 is 0. The smallest absolute Gasteiger partial charge is 0.249 e. The van der Waals surface area contributed by atoms with Crippen molar-refractivity contribution in [1.82, 2.24) is 30.1 Å². The zero-order valence-electron chi connectivity index (χ0n) is 21.1. The lowest BCUT2D eigenvalue weighted by molar-refractivity contribution is -0.0148. The Morgan fingerprint density at radius 3 is 2.66 bits per heavy atom. The van der Waals surface area contributed by atoms with Crippen molar-refractivity contribution in [3.05, 3.63) is 71.5 Å². The molecule has 0 aliphatic heterocycles. The summed E-state index contributed by atoms with van der Waals surface area (Å²) in [7, 11) is 3.09. The number of aryl methyl sites for hydroxylation is 1. The van der Waals surface area contributed by atoms with Gasteiger partial charge in [0.1, 0.15) is 24.7 Å². The van der Waals surface area contributed by atoms with Crippen LogP contribution in [-0.4, -0.2) is 68.8 Å². The van der Waals surface area contributed by atoms with Crippen molar-refractivity contribution >= 4 is 22.1 Å². The number of aliphatic hydroxyl groups is 1. The van der Waals surface area contributed by atoms with Crippen LogP contribution >= 0.6 is 0 Å². The van der Waals surface area contributed by atoms with Gasteiger partial charge in [0.15, 0.2) is 5.65 Å². The van der Waals surface area contributed by atoms with Gasteiger partial charge < -0.3 is 19.9 Å². The Bertz CT molecular complexity index is 1440. The number of benzene rings is 1. The summed E-state index contributed by atoms with van der Waals surface area (Å²) in [5, 5.41) is 35.2. The van der Waals surface area contributed by atoms with E-state index in [0.29, 0.717) is 16.7 Å². The summed E-state index contributed by atoms with van der Waals surface area (Å²) in [6.07, 6.45) is 2.59. The number of halogens is 2. The number of alkyl halides is 2. The molecule has 38 heavy (non-hydrogen) atoms. The molecule has 3 heterocycles. The molecule has 12 heteroatoms. The first-order valence-corrected chi connectivity index (χ1v) is 12.0. The molecule has 10 nitrogen and oxygen atoms in total. The maximum Gasteiger partial charge on any atom is 0.249 e. The zero-order chi connectivity index (χ0) is 27.1. The van der Waals surface area contributed by atoms with Crippen molar-refractivity contribution in [2.75, 3.05) is 27.3 Å². The van der Waals surface area contributed by atoms with Crippen LogP contribution in [0.2, 0.25) is 0 Å².